The van der Waals surface area contributed by atoms with Gasteiger partial charge in [-0.15, -0.1) is 0 Å². The normalized spacial score (nSPS) is 10.0. The van der Waals surface area contributed by atoms with E-state index in [1.165, 1.54) is 7.11 Å². The van der Waals surface area contributed by atoms with Crippen molar-refractivity contribution in [1.82, 2.24) is 0 Å². The molecule has 70 valence electrons. The van der Waals surface area contributed by atoms with Gasteiger partial charge < -0.3 is 10.5 Å². The van der Waals surface area contributed by atoms with Crippen LogP contribution in [-0.4, -0.2) is 12.1 Å². The highest BCUT2D eigenvalue weighted by molar-refractivity contribution is 7.80. The molecule has 0 heterocycles. The molecule has 0 atom stereocenters. The van der Waals surface area contributed by atoms with Gasteiger partial charge in [0.2, 0.25) is 0 Å². The maximum atomic E-state index is 13.5. The van der Waals surface area contributed by atoms with Crippen LogP contribution in [0.4, 0.5) is 4.39 Å². The van der Waals surface area contributed by atoms with E-state index < -0.39 is 5.82 Å². The lowest BCUT2D eigenvalue weighted by Crippen LogP contribution is -2.12. The molecule has 0 fully saturated rings. The van der Waals surface area contributed by atoms with E-state index >= 15 is 0 Å². The average molecular weight is 199 g/mol. The fourth-order valence-electron chi connectivity index (χ4n) is 1.04. The predicted octanol–water partition coefficient (Wildman–Crippen LogP) is 1.61. The third-order valence-corrected chi connectivity index (χ3v) is 1.86. The van der Waals surface area contributed by atoms with Crippen LogP contribution in [0.1, 0.15) is 11.1 Å². The summed E-state index contributed by atoms with van der Waals surface area (Å²) < 4.78 is 18.3. The van der Waals surface area contributed by atoms with E-state index in [0.717, 1.165) is 0 Å². The number of rotatable bonds is 3. The Morgan fingerprint density at radius 3 is 2.85 bits per heavy atom. The average Bonchev–Trinajstić information content (AvgIpc) is 2.08. The second-order valence-corrected chi connectivity index (χ2v) is 3.02. The van der Waals surface area contributed by atoms with E-state index in [2.05, 4.69) is 0 Å². The minimum atomic E-state index is -0.392. The molecule has 0 amide bonds. The minimum absolute atomic E-state index is 0.0652. The van der Waals surface area contributed by atoms with Crippen molar-refractivity contribution in [3.63, 3.8) is 0 Å². The van der Waals surface area contributed by atoms with Crippen LogP contribution in [0.15, 0.2) is 18.2 Å². The molecule has 0 saturated heterocycles. The fourth-order valence-corrected chi connectivity index (χ4v) is 1.19. The van der Waals surface area contributed by atoms with Gasteiger partial charge in [-0.25, -0.2) is 4.39 Å². The van der Waals surface area contributed by atoms with Crippen molar-refractivity contribution in [3.8, 4) is 0 Å². The summed E-state index contributed by atoms with van der Waals surface area (Å²) in [6.45, 7) is 0.224. The first kappa shape index (κ1) is 10.1. The van der Waals surface area contributed by atoms with Gasteiger partial charge in [0.05, 0.1) is 6.61 Å². The van der Waals surface area contributed by atoms with Crippen LogP contribution in [0.2, 0.25) is 0 Å². The molecule has 4 heteroatoms. The Morgan fingerprint density at radius 1 is 1.62 bits per heavy atom. The van der Waals surface area contributed by atoms with Crippen LogP contribution >= 0.6 is 12.2 Å². The molecular formula is C9H10FNOS. The van der Waals surface area contributed by atoms with Crippen molar-refractivity contribution in [3.05, 3.63) is 35.1 Å². The van der Waals surface area contributed by atoms with Crippen molar-refractivity contribution in [2.75, 3.05) is 7.11 Å². The van der Waals surface area contributed by atoms with Gasteiger partial charge in [0.1, 0.15) is 10.8 Å². The molecule has 0 saturated carbocycles. The summed E-state index contributed by atoms with van der Waals surface area (Å²) in [5, 5.41) is 0. The summed E-state index contributed by atoms with van der Waals surface area (Å²) in [6.07, 6.45) is 0. The molecule has 0 spiro atoms. The summed E-state index contributed by atoms with van der Waals surface area (Å²) in [6, 6.07) is 4.89. The molecular weight excluding hydrogens is 189 g/mol. The Balaban J connectivity index is 3.10. The first-order valence-electron chi connectivity index (χ1n) is 3.73. The van der Waals surface area contributed by atoms with E-state index in [1.54, 1.807) is 18.2 Å². The molecule has 1 aromatic carbocycles. The number of methoxy groups -OCH3 is 1. The number of hydrogen-bond donors (Lipinski definition) is 1. The van der Waals surface area contributed by atoms with E-state index in [4.69, 9.17) is 22.7 Å². The first-order chi connectivity index (χ1) is 6.16. The molecule has 0 bridgehead atoms. The summed E-state index contributed by atoms with van der Waals surface area (Å²) in [5.74, 6) is -0.392. The van der Waals surface area contributed by atoms with Gasteiger partial charge in [-0.1, -0.05) is 24.4 Å². The highest BCUT2D eigenvalue weighted by Gasteiger charge is 2.08. The zero-order chi connectivity index (χ0) is 9.84. The van der Waals surface area contributed by atoms with E-state index in [-0.39, 0.29) is 17.2 Å². The molecule has 0 aromatic heterocycles. The van der Waals surface area contributed by atoms with Crippen LogP contribution in [0.25, 0.3) is 0 Å². The Kier molecular flexibility index (Phi) is 3.33. The number of benzene rings is 1. The summed E-state index contributed by atoms with van der Waals surface area (Å²) >= 11 is 4.69. The standard InChI is InChI=1S/C9H10FNOS/c1-12-5-6-3-2-4-7(8(6)10)9(11)13/h2-4H,5H2,1H3,(H2,11,13). The molecule has 13 heavy (non-hydrogen) atoms. The van der Waals surface area contributed by atoms with Crippen molar-refractivity contribution >= 4 is 17.2 Å². The van der Waals surface area contributed by atoms with E-state index in [9.17, 15) is 4.39 Å². The predicted molar refractivity (Wildman–Crippen MR) is 53.0 cm³/mol. The Bertz CT molecular complexity index is 327. The number of halogens is 1. The lowest BCUT2D eigenvalue weighted by molar-refractivity contribution is 0.181. The molecule has 1 aromatic rings. The zero-order valence-electron chi connectivity index (χ0n) is 7.21. The molecule has 0 unspecified atom stereocenters. The van der Waals surface area contributed by atoms with Crippen LogP contribution in [0.5, 0.6) is 0 Å². The maximum Gasteiger partial charge on any atom is 0.138 e. The fraction of sp³-hybridized carbons (Fsp3) is 0.222. The monoisotopic (exact) mass is 199 g/mol. The van der Waals surface area contributed by atoms with Gasteiger partial charge in [0.15, 0.2) is 0 Å². The van der Waals surface area contributed by atoms with Gasteiger partial charge in [0.25, 0.3) is 0 Å². The summed E-state index contributed by atoms with van der Waals surface area (Å²) in [5.41, 5.74) is 6.06. The van der Waals surface area contributed by atoms with Crippen LogP contribution in [0.3, 0.4) is 0 Å². The highest BCUT2D eigenvalue weighted by atomic mass is 32.1. The number of hydrogen-bond acceptors (Lipinski definition) is 2. The van der Waals surface area contributed by atoms with E-state index in [0.29, 0.717) is 5.56 Å². The molecule has 0 aliphatic rings. The molecule has 0 radical (unpaired) electrons. The molecule has 2 nitrogen and oxygen atoms in total. The third kappa shape index (κ3) is 2.23. The van der Waals surface area contributed by atoms with Crippen molar-refractivity contribution < 1.29 is 9.13 Å². The molecule has 0 aliphatic heterocycles. The molecule has 1 rings (SSSR count). The summed E-state index contributed by atoms with van der Waals surface area (Å²) in [4.78, 5) is 0.0652. The van der Waals surface area contributed by atoms with Crippen molar-refractivity contribution in [2.45, 2.75) is 6.61 Å². The van der Waals surface area contributed by atoms with Gasteiger partial charge in [0, 0.05) is 18.2 Å². The van der Waals surface area contributed by atoms with Gasteiger partial charge in [-0.05, 0) is 6.07 Å². The van der Waals surface area contributed by atoms with Gasteiger partial charge in [-0.3, -0.25) is 0 Å². The van der Waals surface area contributed by atoms with Crippen LogP contribution < -0.4 is 5.73 Å². The van der Waals surface area contributed by atoms with Crippen molar-refractivity contribution in [2.24, 2.45) is 5.73 Å². The number of ether oxygens (including phenoxy) is 1. The lowest BCUT2D eigenvalue weighted by Gasteiger charge is -2.05. The zero-order valence-corrected chi connectivity index (χ0v) is 8.03. The molecule has 0 aliphatic carbocycles. The second kappa shape index (κ2) is 4.30. The largest absolute Gasteiger partial charge is 0.389 e. The van der Waals surface area contributed by atoms with Gasteiger partial charge in [-0.2, -0.15) is 0 Å². The van der Waals surface area contributed by atoms with Crippen LogP contribution in [-0.2, 0) is 11.3 Å². The van der Waals surface area contributed by atoms with E-state index in [1.807, 2.05) is 0 Å². The first-order valence-corrected chi connectivity index (χ1v) is 4.13. The summed E-state index contributed by atoms with van der Waals surface area (Å²) in [7, 11) is 1.51. The minimum Gasteiger partial charge on any atom is -0.389 e. The van der Waals surface area contributed by atoms with Crippen LogP contribution in [0, 0.1) is 5.82 Å². The topological polar surface area (TPSA) is 35.2 Å². The Morgan fingerprint density at radius 2 is 2.31 bits per heavy atom. The number of thiocarbonyl (C=S) groups is 1. The quantitative estimate of drug-likeness (QED) is 0.751. The highest BCUT2D eigenvalue weighted by Crippen LogP contribution is 2.13. The van der Waals surface area contributed by atoms with Gasteiger partial charge >= 0.3 is 0 Å². The Labute approximate surface area is 81.5 Å². The SMILES string of the molecule is COCc1cccc(C(N)=S)c1F. The third-order valence-electron chi connectivity index (χ3n) is 1.64. The number of nitrogens with two attached hydrogens (primary N) is 1. The maximum absolute atomic E-state index is 13.5. The van der Waals surface area contributed by atoms with Crippen molar-refractivity contribution in [1.29, 1.82) is 0 Å². The smallest absolute Gasteiger partial charge is 0.138 e. The lowest BCUT2D eigenvalue weighted by atomic mass is 10.1. The molecule has 2 N–H and O–H groups in total. The second-order valence-electron chi connectivity index (χ2n) is 2.58. The Hall–Kier alpha value is -1.00.